The molecule has 0 saturated carbocycles. The number of amides is 2. The molecular weight excluding hydrogens is 400 g/mol. The van der Waals surface area contributed by atoms with Crippen LogP contribution in [0.25, 0.3) is 5.69 Å². The van der Waals surface area contributed by atoms with Crippen molar-refractivity contribution < 1.29 is 14.0 Å². The van der Waals surface area contributed by atoms with E-state index in [9.17, 15) is 9.59 Å². The third-order valence-corrected chi connectivity index (χ3v) is 5.95. The summed E-state index contributed by atoms with van der Waals surface area (Å²) < 4.78 is 6.89. The predicted molar refractivity (Wildman–Crippen MR) is 115 cm³/mol. The van der Waals surface area contributed by atoms with Crippen LogP contribution in [0.1, 0.15) is 37.9 Å². The summed E-state index contributed by atoms with van der Waals surface area (Å²) >= 11 is 1.21. The Morgan fingerprint density at radius 2 is 1.83 bits per heavy atom. The lowest BCUT2D eigenvalue weighted by Gasteiger charge is -2.10. The summed E-state index contributed by atoms with van der Waals surface area (Å²) in [7, 11) is 0. The normalized spacial score (nSPS) is 12.5. The van der Waals surface area contributed by atoms with Gasteiger partial charge in [0.1, 0.15) is 5.82 Å². The highest BCUT2D eigenvalue weighted by atomic mass is 32.1. The van der Waals surface area contributed by atoms with Gasteiger partial charge in [-0.1, -0.05) is 18.2 Å². The molecule has 3 aromatic heterocycles. The van der Waals surface area contributed by atoms with Gasteiger partial charge in [0.2, 0.25) is 0 Å². The fourth-order valence-electron chi connectivity index (χ4n) is 3.55. The fraction of sp³-hybridized carbons (Fsp3) is 0.136. The molecule has 0 atom stereocenters. The maximum atomic E-state index is 13.0. The highest BCUT2D eigenvalue weighted by Crippen LogP contribution is 2.32. The third-order valence-electron chi connectivity index (χ3n) is 4.95. The number of rotatable bonds is 5. The van der Waals surface area contributed by atoms with Crippen molar-refractivity contribution in [2.75, 3.05) is 10.6 Å². The van der Waals surface area contributed by atoms with Crippen LogP contribution in [0, 0.1) is 0 Å². The molecule has 1 aliphatic rings. The van der Waals surface area contributed by atoms with E-state index in [-0.39, 0.29) is 17.6 Å². The molecule has 7 nitrogen and oxygen atoms in total. The Morgan fingerprint density at radius 1 is 0.967 bits per heavy atom. The molecule has 2 N–H and O–H groups in total. The van der Waals surface area contributed by atoms with Gasteiger partial charge < -0.3 is 15.1 Å². The molecular formula is C22H18N4O3S. The summed E-state index contributed by atoms with van der Waals surface area (Å²) in [6.07, 6.45) is 4.29. The molecule has 8 heteroatoms. The lowest BCUT2D eigenvalue weighted by Crippen LogP contribution is -2.15. The number of benzene rings is 1. The van der Waals surface area contributed by atoms with Crippen molar-refractivity contribution in [3.63, 3.8) is 0 Å². The van der Waals surface area contributed by atoms with Crippen LogP contribution < -0.4 is 10.6 Å². The van der Waals surface area contributed by atoms with Gasteiger partial charge in [0.15, 0.2) is 5.76 Å². The minimum atomic E-state index is -0.353. The number of hydrogen-bond acceptors (Lipinski definition) is 5. The summed E-state index contributed by atoms with van der Waals surface area (Å²) in [5.41, 5.74) is 3.03. The summed E-state index contributed by atoms with van der Waals surface area (Å²) in [4.78, 5) is 25.6. The molecule has 150 valence electrons. The summed E-state index contributed by atoms with van der Waals surface area (Å²) in [6.45, 7) is 0. The average Bonchev–Trinajstić information content (AvgIpc) is 3.54. The molecule has 0 unspecified atom stereocenters. The highest BCUT2D eigenvalue weighted by molar-refractivity contribution is 7.18. The summed E-state index contributed by atoms with van der Waals surface area (Å²) in [6, 6.07) is 16.4. The molecule has 2 amide bonds. The van der Waals surface area contributed by atoms with Gasteiger partial charge in [-0.15, -0.1) is 11.3 Å². The number of fused-ring (bicyclic) bond motifs is 1. The molecule has 0 saturated heterocycles. The lowest BCUT2D eigenvalue weighted by atomic mass is 10.2. The van der Waals surface area contributed by atoms with Gasteiger partial charge in [-0.05, 0) is 55.7 Å². The van der Waals surface area contributed by atoms with Gasteiger partial charge in [-0.3, -0.25) is 9.59 Å². The number of nitrogens with zero attached hydrogens (tertiary/aromatic N) is 2. The summed E-state index contributed by atoms with van der Waals surface area (Å²) in [5.74, 6) is 0.351. The van der Waals surface area contributed by atoms with Gasteiger partial charge in [0.25, 0.3) is 11.8 Å². The van der Waals surface area contributed by atoms with Crippen molar-refractivity contribution in [3.8, 4) is 5.69 Å². The first-order chi connectivity index (χ1) is 14.7. The molecule has 1 aliphatic carbocycles. The minimum Gasteiger partial charge on any atom is -0.459 e. The van der Waals surface area contributed by atoms with Gasteiger partial charge in [-0.2, -0.15) is 5.10 Å². The Morgan fingerprint density at radius 3 is 2.63 bits per heavy atom. The van der Waals surface area contributed by atoms with Gasteiger partial charge in [-0.25, -0.2) is 4.68 Å². The monoisotopic (exact) mass is 418 g/mol. The Balaban J connectivity index is 1.38. The van der Waals surface area contributed by atoms with Crippen molar-refractivity contribution in [1.82, 2.24) is 9.78 Å². The van der Waals surface area contributed by atoms with Crippen LogP contribution in [0.4, 0.5) is 10.8 Å². The standard InChI is InChI=1S/C22H18N4O3S/c27-21(17-10-5-13-29-17)23-19-12-11-18(30-19)22(28)24-20-15-8-4-9-16(15)25-26(20)14-6-2-1-3-7-14/h1-3,5-7,10-13H,4,8-9H2,(H,23,27)(H,24,28). The maximum Gasteiger partial charge on any atom is 0.291 e. The Hall–Kier alpha value is -3.65. The minimum absolute atomic E-state index is 0.219. The second-order valence-electron chi connectivity index (χ2n) is 6.92. The zero-order valence-corrected chi connectivity index (χ0v) is 16.7. The van der Waals surface area contributed by atoms with E-state index < -0.39 is 0 Å². The Labute approximate surface area is 176 Å². The van der Waals surface area contributed by atoms with Crippen molar-refractivity contribution in [2.45, 2.75) is 19.3 Å². The number of carbonyl (C=O) groups is 2. The Bertz CT molecular complexity index is 1210. The molecule has 0 spiro atoms. The molecule has 5 rings (SSSR count). The lowest BCUT2D eigenvalue weighted by molar-refractivity contribution is 0.0995. The van der Waals surface area contributed by atoms with Gasteiger partial charge in [0, 0.05) is 5.56 Å². The van der Waals surface area contributed by atoms with Crippen LogP contribution in [-0.4, -0.2) is 21.6 Å². The first kappa shape index (κ1) is 18.4. The van der Waals surface area contributed by atoms with Crippen molar-refractivity contribution in [2.24, 2.45) is 0 Å². The number of furan rings is 1. The van der Waals surface area contributed by atoms with E-state index in [1.54, 1.807) is 28.9 Å². The quantitative estimate of drug-likeness (QED) is 0.499. The van der Waals surface area contributed by atoms with E-state index in [0.717, 1.165) is 36.2 Å². The van der Waals surface area contributed by atoms with E-state index in [4.69, 9.17) is 9.52 Å². The molecule has 0 radical (unpaired) electrons. The van der Waals surface area contributed by atoms with Crippen molar-refractivity contribution >= 4 is 34.0 Å². The van der Waals surface area contributed by atoms with E-state index >= 15 is 0 Å². The number of aromatic nitrogens is 2. The number of para-hydroxylation sites is 1. The zero-order valence-electron chi connectivity index (χ0n) is 15.9. The SMILES string of the molecule is O=C(Nc1ccc(C(=O)Nc2c3c(nn2-c2ccccc2)CCC3)s1)c1ccco1. The predicted octanol–water partition coefficient (Wildman–Crippen LogP) is 4.52. The largest absolute Gasteiger partial charge is 0.459 e. The summed E-state index contributed by atoms with van der Waals surface area (Å²) in [5, 5.41) is 11.1. The fourth-order valence-corrected chi connectivity index (χ4v) is 4.35. The topological polar surface area (TPSA) is 89.2 Å². The highest BCUT2D eigenvalue weighted by Gasteiger charge is 2.25. The molecule has 0 aliphatic heterocycles. The number of thiophene rings is 1. The van der Waals surface area contributed by atoms with Crippen LogP contribution in [0.5, 0.6) is 0 Å². The van der Waals surface area contributed by atoms with Gasteiger partial charge in [0.05, 0.1) is 27.5 Å². The van der Waals surface area contributed by atoms with E-state index in [0.29, 0.717) is 15.7 Å². The van der Waals surface area contributed by atoms with Crippen molar-refractivity contribution in [3.05, 3.63) is 82.8 Å². The first-order valence-electron chi connectivity index (χ1n) is 9.61. The molecule has 4 aromatic rings. The van der Waals surface area contributed by atoms with E-state index in [2.05, 4.69) is 10.6 Å². The number of anilines is 2. The Kier molecular flexibility index (Phi) is 4.68. The molecule has 30 heavy (non-hydrogen) atoms. The smallest absolute Gasteiger partial charge is 0.291 e. The first-order valence-corrected chi connectivity index (χ1v) is 10.4. The third kappa shape index (κ3) is 3.42. The maximum absolute atomic E-state index is 13.0. The molecule has 3 heterocycles. The van der Waals surface area contributed by atoms with Crippen LogP contribution in [0.2, 0.25) is 0 Å². The average molecular weight is 418 g/mol. The second-order valence-corrected chi connectivity index (χ2v) is 8.01. The number of hydrogen-bond donors (Lipinski definition) is 2. The number of carbonyl (C=O) groups excluding carboxylic acids is 2. The molecule has 0 fully saturated rings. The van der Waals surface area contributed by atoms with Gasteiger partial charge >= 0.3 is 0 Å². The molecule has 0 bridgehead atoms. The second kappa shape index (κ2) is 7.64. The van der Waals surface area contributed by atoms with E-state index in [1.165, 1.54) is 17.6 Å². The van der Waals surface area contributed by atoms with Crippen LogP contribution in [0.15, 0.2) is 65.3 Å². The molecule has 1 aromatic carbocycles. The number of nitrogens with one attached hydrogen (secondary N) is 2. The zero-order chi connectivity index (χ0) is 20.5. The van der Waals surface area contributed by atoms with Crippen LogP contribution in [-0.2, 0) is 12.8 Å². The van der Waals surface area contributed by atoms with Crippen LogP contribution >= 0.6 is 11.3 Å². The van der Waals surface area contributed by atoms with Crippen molar-refractivity contribution in [1.29, 1.82) is 0 Å². The van der Waals surface area contributed by atoms with E-state index in [1.807, 2.05) is 30.3 Å². The number of aryl methyl sites for hydroxylation is 1. The van der Waals surface area contributed by atoms with Crippen LogP contribution in [0.3, 0.4) is 0 Å².